The van der Waals surface area contributed by atoms with Crippen molar-refractivity contribution in [2.24, 2.45) is 5.10 Å². The highest BCUT2D eigenvalue weighted by atomic mass is 35.5. The molecule has 0 saturated carbocycles. The predicted molar refractivity (Wildman–Crippen MR) is 142 cm³/mol. The van der Waals surface area contributed by atoms with E-state index in [9.17, 15) is 0 Å². The number of hydrogen-bond donors (Lipinski definition) is 0. The smallest absolute Gasteiger partial charge is 0.213 e. The molecule has 0 bridgehead atoms. The summed E-state index contributed by atoms with van der Waals surface area (Å²) >= 11 is 6.36. The molecule has 35 heavy (non-hydrogen) atoms. The summed E-state index contributed by atoms with van der Waals surface area (Å²) in [6, 6.07) is 22.8. The standard InChI is InChI=1S/C30H33ClN2O2/c1-3-4-5-6-7-18-34-25-15-12-23(13-16-25)30-33-28(26-19-24(31)14-17-29(26)35-30)20-27(32-33)22-10-8-21(2)9-11-22/h8-17,19,28,30H,3-7,18,20H2,1-2H3/t28-,30+/m1/s1. The lowest BCUT2D eigenvalue weighted by Gasteiger charge is -2.38. The van der Waals surface area contributed by atoms with Gasteiger partial charge in [-0.2, -0.15) is 5.10 Å². The SMILES string of the molecule is CCCCCCCOc1ccc([C@@H]2Oc3ccc(Cl)cc3[C@H]3CC(c4ccc(C)cc4)=NN32)cc1. The van der Waals surface area contributed by atoms with Crippen molar-refractivity contribution in [1.82, 2.24) is 5.01 Å². The monoisotopic (exact) mass is 488 g/mol. The summed E-state index contributed by atoms with van der Waals surface area (Å²) < 4.78 is 12.5. The summed E-state index contributed by atoms with van der Waals surface area (Å²) in [7, 11) is 0. The molecule has 0 aromatic heterocycles. The van der Waals surface area contributed by atoms with E-state index in [1.165, 1.54) is 31.2 Å². The molecule has 2 heterocycles. The highest BCUT2D eigenvalue weighted by Crippen LogP contribution is 2.48. The zero-order valence-electron chi connectivity index (χ0n) is 20.5. The fraction of sp³-hybridized carbons (Fsp3) is 0.367. The molecule has 0 spiro atoms. The summed E-state index contributed by atoms with van der Waals surface area (Å²) in [4.78, 5) is 0. The van der Waals surface area contributed by atoms with Crippen LogP contribution in [0.1, 0.15) is 80.0 Å². The number of nitrogens with zero attached hydrogens (tertiary/aromatic N) is 2. The van der Waals surface area contributed by atoms with Crippen molar-refractivity contribution < 1.29 is 9.47 Å². The number of unbranched alkanes of at least 4 members (excludes halogenated alkanes) is 4. The van der Waals surface area contributed by atoms with Crippen LogP contribution in [0, 0.1) is 6.92 Å². The second-order valence-electron chi connectivity index (χ2n) is 9.50. The number of benzene rings is 3. The van der Waals surface area contributed by atoms with E-state index >= 15 is 0 Å². The van der Waals surface area contributed by atoms with Crippen LogP contribution in [-0.4, -0.2) is 17.3 Å². The van der Waals surface area contributed by atoms with Gasteiger partial charge < -0.3 is 9.47 Å². The zero-order chi connectivity index (χ0) is 24.2. The minimum Gasteiger partial charge on any atom is -0.494 e. The van der Waals surface area contributed by atoms with Gasteiger partial charge in [-0.05, 0) is 61.4 Å². The average Bonchev–Trinajstić information content (AvgIpc) is 3.32. The molecule has 5 heteroatoms. The number of rotatable bonds is 9. The van der Waals surface area contributed by atoms with E-state index in [4.69, 9.17) is 26.2 Å². The molecule has 0 aliphatic carbocycles. The van der Waals surface area contributed by atoms with Crippen molar-refractivity contribution in [2.75, 3.05) is 6.61 Å². The Morgan fingerprint density at radius 3 is 2.51 bits per heavy atom. The molecule has 5 rings (SSSR count). The third-order valence-corrected chi connectivity index (χ3v) is 7.05. The molecule has 0 unspecified atom stereocenters. The van der Waals surface area contributed by atoms with Crippen LogP contribution in [0.2, 0.25) is 5.02 Å². The van der Waals surface area contributed by atoms with Gasteiger partial charge >= 0.3 is 0 Å². The van der Waals surface area contributed by atoms with E-state index in [1.807, 2.05) is 30.3 Å². The fourth-order valence-corrected chi connectivity index (χ4v) is 5.00. The molecule has 0 fully saturated rings. The lowest BCUT2D eigenvalue weighted by molar-refractivity contribution is -0.0190. The minimum absolute atomic E-state index is 0.0813. The number of halogens is 1. The number of fused-ring (bicyclic) bond motifs is 3. The first kappa shape index (κ1) is 23.7. The van der Waals surface area contributed by atoms with E-state index in [0.29, 0.717) is 5.02 Å². The molecule has 0 radical (unpaired) electrons. The van der Waals surface area contributed by atoms with Gasteiger partial charge in [-0.1, -0.05) is 74.0 Å². The first-order chi connectivity index (χ1) is 17.1. The van der Waals surface area contributed by atoms with Crippen molar-refractivity contribution in [2.45, 2.75) is 64.6 Å². The Hall–Kier alpha value is -2.98. The molecule has 0 saturated heterocycles. The Kier molecular flexibility index (Phi) is 7.29. The minimum atomic E-state index is -0.306. The molecule has 2 atom stereocenters. The molecule has 3 aromatic carbocycles. The maximum Gasteiger partial charge on any atom is 0.213 e. The first-order valence-electron chi connectivity index (χ1n) is 12.7. The van der Waals surface area contributed by atoms with E-state index in [0.717, 1.165) is 53.3 Å². The summed E-state index contributed by atoms with van der Waals surface area (Å²) in [6.07, 6.45) is 6.68. The van der Waals surface area contributed by atoms with Crippen LogP contribution in [0.3, 0.4) is 0 Å². The average molecular weight is 489 g/mol. The third kappa shape index (κ3) is 5.33. The topological polar surface area (TPSA) is 34.1 Å². The zero-order valence-corrected chi connectivity index (χ0v) is 21.3. The number of hydrogen-bond acceptors (Lipinski definition) is 4. The maximum absolute atomic E-state index is 6.49. The molecule has 2 aliphatic rings. The Balaban J connectivity index is 1.36. The van der Waals surface area contributed by atoms with Crippen LogP contribution in [-0.2, 0) is 0 Å². The number of ether oxygens (including phenoxy) is 2. The summed E-state index contributed by atoms with van der Waals surface area (Å²) in [6.45, 7) is 5.10. The van der Waals surface area contributed by atoms with Crippen LogP contribution in [0.5, 0.6) is 11.5 Å². The number of aryl methyl sites for hydroxylation is 1. The predicted octanol–water partition coefficient (Wildman–Crippen LogP) is 8.24. The van der Waals surface area contributed by atoms with Crippen LogP contribution < -0.4 is 9.47 Å². The Morgan fingerprint density at radius 1 is 0.971 bits per heavy atom. The molecule has 182 valence electrons. The summed E-state index contributed by atoms with van der Waals surface area (Å²) in [5.74, 6) is 1.77. The van der Waals surface area contributed by atoms with Crippen molar-refractivity contribution in [3.05, 3.63) is 94.0 Å². The highest BCUT2D eigenvalue weighted by molar-refractivity contribution is 6.30. The van der Waals surface area contributed by atoms with Gasteiger partial charge in [0.1, 0.15) is 11.5 Å². The van der Waals surface area contributed by atoms with Gasteiger partial charge in [-0.25, -0.2) is 5.01 Å². The maximum atomic E-state index is 6.49. The molecule has 4 nitrogen and oxygen atoms in total. The van der Waals surface area contributed by atoms with Gasteiger partial charge in [0.15, 0.2) is 0 Å². The van der Waals surface area contributed by atoms with Gasteiger partial charge in [-0.15, -0.1) is 0 Å². The lowest BCUT2D eigenvalue weighted by Crippen LogP contribution is -2.33. The van der Waals surface area contributed by atoms with Crippen molar-refractivity contribution in [3.63, 3.8) is 0 Å². The van der Waals surface area contributed by atoms with Gasteiger partial charge in [-0.3, -0.25) is 0 Å². The quantitative estimate of drug-likeness (QED) is 0.284. The summed E-state index contributed by atoms with van der Waals surface area (Å²) in [5.41, 5.74) is 5.60. The largest absolute Gasteiger partial charge is 0.494 e. The summed E-state index contributed by atoms with van der Waals surface area (Å²) in [5, 5.41) is 7.86. The highest BCUT2D eigenvalue weighted by Gasteiger charge is 2.41. The molecular formula is C30H33ClN2O2. The Labute approximate surface area is 213 Å². The molecular weight excluding hydrogens is 456 g/mol. The third-order valence-electron chi connectivity index (χ3n) is 6.82. The van der Waals surface area contributed by atoms with Gasteiger partial charge in [0, 0.05) is 22.6 Å². The van der Waals surface area contributed by atoms with Crippen LogP contribution >= 0.6 is 11.6 Å². The van der Waals surface area contributed by atoms with Gasteiger partial charge in [0.05, 0.1) is 18.4 Å². The van der Waals surface area contributed by atoms with E-state index < -0.39 is 0 Å². The fourth-order valence-electron chi connectivity index (χ4n) is 4.82. The first-order valence-corrected chi connectivity index (χ1v) is 13.1. The Morgan fingerprint density at radius 2 is 1.74 bits per heavy atom. The Bertz CT molecular complexity index is 1170. The molecule has 2 aliphatic heterocycles. The van der Waals surface area contributed by atoms with Crippen molar-refractivity contribution in [1.29, 1.82) is 0 Å². The van der Waals surface area contributed by atoms with E-state index in [1.54, 1.807) is 0 Å². The van der Waals surface area contributed by atoms with E-state index in [-0.39, 0.29) is 12.3 Å². The van der Waals surface area contributed by atoms with Gasteiger partial charge in [0.2, 0.25) is 6.23 Å². The number of hydrazone groups is 1. The van der Waals surface area contributed by atoms with Crippen LogP contribution in [0.25, 0.3) is 0 Å². The van der Waals surface area contributed by atoms with Crippen LogP contribution in [0.4, 0.5) is 0 Å². The van der Waals surface area contributed by atoms with Crippen molar-refractivity contribution in [3.8, 4) is 11.5 Å². The lowest BCUT2D eigenvalue weighted by atomic mass is 9.95. The normalized spacial score (nSPS) is 18.5. The van der Waals surface area contributed by atoms with E-state index in [2.05, 4.69) is 55.3 Å². The van der Waals surface area contributed by atoms with Crippen LogP contribution in [0.15, 0.2) is 71.8 Å². The second kappa shape index (κ2) is 10.7. The molecule has 0 amide bonds. The van der Waals surface area contributed by atoms with Crippen molar-refractivity contribution >= 4 is 17.3 Å². The molecule has 0 N–H and O–H groups in total. The van der Waals surface area contributed by atoms with Gasteiger partial charge in [0.25, 0.3) is 0 Å². The molecule has 3 aromatic rings. The second-order valence-corrected chi connectivity index (χ2v) is 9.93.